The highest BCUT2D eigenvalue weighted by Gasteiger charge is 2.07. The molecule has 4 heteroatoms. The smallest absolute Gasteiger partial charge is 0.251 e. The number of ether oxygens (including phenoxy) is 1. The van der Waals surface area contributed by atoms with Gasteiger partial charge in [-0.3, -0.25) is 9.59 Å². The third-order valence-electron chi connectivity index (χ3n) is 3.55. The monoisotopic (exact) mass is 311 g/mol. The van der Waals surface area contributed by atoms with Gasteiger partial charge in [-0.1, -0.05) is 29.8 Å². The normalized spacial score (nSPS) is 10.2. The summed E-state index contributed by atoms with van der Waals surface area (Å²) in [6.07, 6.45) is 0.752. The fourth-order valence-electron chi connectivity index (χ4n) is 2.53. The molecular formula is C19H21NO3. The largest absolute Gasteiger partial charge is 0.491 e. The van der Waals surface area contributed by atoms with E-state index in [-0.39, 0.29) is 5.91 Å². The molecule has 0 spiro atoms. The molecule has 2 aromatic carbocycles. The Morgan fingerprint density at radius 2 is 1.70 bits per heavy atom. The summed E-state index contributed by atoms with van der Waals surface area (Å²) in [5, 5.41) is 2.80. The van der Waals surface area contributed by atoms with Crippen LogP contribution in [0.25, 0.3) is 0 Å². The topological polar surface area (TPSA) is 55.4 Å². The molecule has 0 bridgehead atoms. The Bertz CT molecular complexity index is 682. The van der Waals surface area contributed by atoms with Gasteiger partial charge in [0.05, 0.1) is 6.54 Å². The molecule has 2 aromatic rings. The van der Waals surface area contributed by atoms with Gasteiger partial charge in [-0.15, -0.1) is 0 Å². The molecular weight excluding hydrogens is 290 g/mol. The van der Waals surface area contributed by atoms with Gasteiger partial charge in [0.15, 0.2) is 0 Å². The van der Waals surface area contributed by atoms with E-state index in [1.54, 1.807) is 24.3 Å². The van der Waals surface area contributed by atoms with E-state index in [4.69, 9.17) is 4.74 Å². The van der Waals surface area contributed by atoms with Crippen LogP contribution in [0, 0.1) is 20.8 Å². The van der Waals surface area contributed by atoms with Crippen LogP contribution in [0.5, 0.6) is 5.75 Å². The van der Waals surface area contributed by atoms with E-state index in [0.717, 1.165) is 23.2 Å². The van der Waals surface area contributed by atoms with Crippen molar-refractivity contribution in [3.63, 3.8) is 0 Å². The van der Waals surface area contributed by atoms with E-state index >= 15 is 0 Å². The first-order chi connectivity index (χ1) is 11.0. The number of carbonyl (C=O) groups is 2. The van der Waals surface area contributed by atoms with Crippen molar-refractivity contribution in [1.29, 1.82) is 0 Å². The molecule has 0 aliphatic carbocycles. The SMILES string of the molecule is Cc1cc(C)c(OCCNC(=O)c2ccc(C=O)cc2)c(C)c1. The Balaban J connectivity index is 1.85. The van der Waals surface area contributed by atoms with E-state index in [1.165, 1.54) is 5.56 Å². The molecule has 0 aliphatic heterocycles. The van der Waals surface area contributed by atoms with Crippen LogP contribution in [0.15, 0.2) is 36.4 Å². The maximum atomic E-state index is 12.0. The van der Waals surface area contributed by atoms with E-state index in [1.807, 2.05) is 13.8 Å². The quantitative estimate of drug-likeness (QED) is 0.658. The predicted octanol–water partition coefficient (Wildman–Crippen LogP) is 3.23. The molecule has 0 aliphatic rings. The molecule has 1 N–H and O–H groups in total. The highest BCUT2D eigenvalue weighted by atomic mass is 16.5. The van der Waals surface area contributed by atoms with E-state index in [0.29, 0.717) is 24.3 Å². The number of amides is 1. The Morgan fingerprint density at radius 3 is 2.26 bits per heavy atom. The number of nitrogens with one attached hydrogen (secondary N) is 1. The lowest BCUT2D eigenvalue weighted by molar-refractivity contribution is 0.0946. The standard InChI is InChI=1S/C19H21NO3/c1-13-10-14(2)18(15(3)11-13)23-9-8-20-19(22)17-6-4-16(12-21)5-7-17/h4-7,10-12H,8-9H2,1-3H3,(H,20,22). The Kier molecular flexibility index (Phi) is 5.52. The molecule has 0 saturated heterocycles. The van der Waals surface area contributed by atoms with Gasteiger partial charge in [0.2, 0.25) is 0 Å². The maximum absolute atomic E-state index is 12.0. The molecule has 0 atom stereocenters. The van der Waals surface area contributed by atoms with Crippen LogP contribution in [-0.4, -0.2) is 25.3 Å². The number of aldehydes is 1. The van der Waals surface area contributed by atoms with Crippen molar-refractivity contribution in [3.05, 3.63) is 64.2 Å². The van der Waals surface area contributed by atoms with E-state index in [9.17, 15) is 9.59 Å². The average Bonchev–Trinajstić information content (AvgIpc) is 2.53. The number of rotatable bonds is 6. The van der Waals surface area contributed by atoms with Gasteiger partial charge in [0, 0.05) is 11.1 Å². The molecule has 23 heavy (non-hydrogen) atoms. The summed E-state index contributed by atoms with van der Waals surface area (Å²) < 4.78 is 5.78. The minimum atomic E-state index is -0.177. The van der Waals surface area contributed by atoms with Crippen LogP contribution in [0.2, 0.25) is 0 Å². The van der Waals surface area contributed by atoms with Crippen molar-refractivity contribution in [2.24, 2.45) is 0 Å². The van der Waals surface area contributed by atoms with Gasteiger partial charge in [-0.05, 0) is 44.0 Å². The molecule has 120 valence electrons. The molecule has 0 aromatic heterocycles. The van der Waals surface area contributed by atoms with Crippen LogP contribution in [0.4, 0.5) is 0 Å². The highest BCUT2D eigenvalue weighted by molar-refractivity contribution is 5.94. The first kappa shape index (κ1) is 16.7. The lowest BCUT2D eigenvalue weighted by Gasteiger charge is -2.13. The second-order valence-electron chi connectivity index (χ2n) is 5.57. The fourth-order valence-corrected chi connectivity index (χ4v) is 2.53. The van der Waals surface area contributed by atoms with Crippen LogP contribution in [-0.2, 0) is 0 Å². The first-order valence-corrected chi connectivity index (χ1v) is 7.55. The van der Waals surface area contributed by atoms with E-state index in [2.05, 4.69) is 24.4 Å². The lowest BCUT2D eigenvalue weighted by atomic mass is 10.1. The van der Waals surface area contributed by atoms with Gasteiger partial charge in [0.25, 0.3) is 5.91 Å². The highest BCUT2D eigenvalue weighted by Crippen LogP contribution is 2.24. The minimum absolute atomic E-state index is 0.177. The summed E-state index contributed by atoms with van der Waals surface area (Å²) in [5.74, 6) is 0.698. The number of aryl methyl sites for hydroxylation is 3. The van der Waals surface area contributed by atoms with Gasteiger partial charge in [-0.25, -0.2) is 0 Å². The third-order valence-corrected chi connectivity index (χ3v) is 3.55. The molecule has 4 nitrogen and oxygen atoms in total. The molecule has 0 fully saturated rings. The molecule has 0 unspecified atom stereocenters. The van der Waals surface area contributed by atoms with Crippen LogP contribution >= 0.6 is 0 Å². The molecule has 0 saturated carbocycles. The summed E-state index contributed by atoms with van der Waals surface area (Å²) in [5.41, 5.74) is 4.48. The summed E-state index contributed by atoms with van der Waals surface area (Å²) in [6.45, 7) is 6.91. The average molecular weight is 311 g/mol. The summed E-state index contributed by atoms with van der Waals surface area (Å²) >= 11 is 0. The lowest BCUT2D eigenvalue weighted by Crippen LogP contribution is -2.28. The number of carbonyl (C=O) groups excluding carboxylic acids is 2. The van der Waals surface area contributed by atoms with Crippen molar-refractivity contribution < 1.29 is 14.3 Å². The molecule has 2 rings (SSSR count). The molecule has 0 heterocycles. The van der Waals surface area contributed by atoms with E-state index < -0.39 is 0 Å². The molecule has 1 amide bonds. The third kappa shape index (κ3) is 4.42. The number of benzene rings is 2. The Hall–Kier alpha value is -2.62. The van der Waals surface area contributed by atoms with Crippen LogP contribution < -0.4 is 10.1 Å². The summed E-state index contributed by atoms with van der Waals surface area (Å²) in [6, 6.07) is 10.7. The van der Waals surface area contributed by atoms with Crippen molar-refractivity contribution in [1.82, 2.24) is 5.32 Å². The Morgan fingerprint density at radius 1 is 1.09 bits per heavy atom. The summed E-state index contributed by atoms with van der Waals surface area (Å²) in [4.78, 5) is 22.6. The Labute approximate surface area is 136 Å². The van der Waals surface area contributed by atoms with Gasteiger partial charge >= 0.3 is 0 Å². The zero-order valence-electron chi connectivity index (χ0n) is 13.7. The van der Waals surface area contributed by atoms with Crippen molar-refractivity contribution >= 4 is 12.2 Å². The second-order valence-corrected chi connectivity index (χ2v) is 5.57. The van der Waals surface area contributed by atoms with Crippen molar-refractivity contribution in [2.75, 3.05) is 13.2 Å². The van der Waals surface area contributed by atoms with Crippen molar-refractivity contribution in [3.8, 4) is 5.75 Å². The number of hydrogen-bond acceptors (Lipinski definition) is 3. The van der Waals surface area contributed by atoms with Crippen LogP contribution in [0.3, 0.4) is 0 Å². The zero-order chi connectivity index (χ0) is 16.8. The van der Waals surface area contributed by atoms with Gasteiger partial charge < -0.3 is 10.1 Å². The maximum Gasteiger partial charge on any atom is 0.251 e. The fraction of sp³-hybridized carbons (Fsp3) is 0.263. The second kappa shape index (κ2) is 7.58. The van der Waals surface area contributed by atoms with Gasteiger partial charge in [-0.2, -0.15) is 0 Å². The predicted molar refractivity (Wildman–Crippen MR) is 90.3 cm³/mol. The molecule has 0 radical (unpaired) electrons. The van der Waals surface area contributed by atoms with Crippen molar-refractivity contribution in [2.45, 2.75) is 20.8 Å². The first-order valence-electron chi connectivity index (χ1n) is 7.55. The van der Waals surface area contributed by atoms with Gasteiger partial charge in [0.1, 0.15) is 18.6 Å². The number of hydrogen-bond donors (Lipinski definition) is 1. The summed E-state index contributed by atoms with van der Waals surface area (Å²) in [7, 11) is 0. The zero-order valence-corrected chi connectivity index (χ0v) is 13.7. The van der Waals surface area contributed by atoms with Crippen LogP contribution in [0.1, 0.15) is 37.4 Å². The minimum Gasteiger partial charge on any atom is -0.491 e.